The quantitative estimate of drug-likeness (QED) is 0.757. The maximum absolute atomic E-state index is 12.3. The number of aromatic nitrogens is 3. The molecule has 0 aromatic carbocycles. The number of hydrogen-bond acceptors (Lipinski definition) is 4. The molecular weight excluding hydrogens is 284 g/mol. The van der Waals surface area contributed by atoms with Crippen molar-refractivity contribution in [3.05, 3.63) is 30.4 Å². The van der Waals surface area contributed by atoms with Crippen molar-refractivity contribution in [1.82, 2.24) is 20.1 Å². The Morgan fingerprint density at radius 2 is 2.50 bits per heavy atom. The van der Waals surface area contributed by atoms with Crippen LogP contribution < -0.4 is 5.32 Å². The first-order chi connectivity index (χ1) is 10.6. The molecule has 2 aromatic heterocycles. The fraction of sp³-hybridized carbons (Fsp3) is 0.467. The van der Waals surface area contributed by atoms with Gasteiger partial charge in [0.25, 0.3) is 5.91 Å². The van der Waals surface area contributed by atoms with Crippen LogP contribution in [0.3, 0.4) is 0 Å². The summed E-state index contributed by atoms with van der Waals surface area (Å²) in [6.07, 6.45) is 7.92. The van der Waals surface area contributed by atoms with Crippen molar-refractivity contribution in [3.8, 4) is 11.1 Å². The van der Waals surface area contributed by atoms with Crippen LogP contribution >= 0.6 is 0 Å². The summed E-state index contributed by atoms with van der Waals surface area (Å²) in [6.45, 7) is 0.861. The molecule has 2 unspecified atom stereocenters. The average Bonchev–Trinajstić information content (AvgIpc) is 3.23. The number of nitrogens with one attached hydrogen (secondary N) is 2. The molecule has 2 atom stereocenters. The number of ether oxygens (including phenoxy) is 1. The highest BCUT2D eigenvalue weighted by Crippen LogP contribution is 2.22. The minimum absolute atomic E-state index is 0.177. The topological polar surface area (TPSA) is 92.2 Å². The third-order valence-corrected chi connectivity index (χ3v) is 3.87. The van der Waals surface area contributed by atoms with Gasteiger partial charge in [-0.05, 0) is 12.8 Å². The van der Waals surface area contributed by atoms with Crippen LogP contribution in [0.25, 0.3) is 11.1 Å². The minimum Gasteiger partial charge on any atom is -0.389 e. The molecule has 1 aliphatic rings. The van der Waals surface area contributed by atoms with E-state index in [1.807, 2.05) is 13.2 Å². The van der Waals surface area contributed by atoms with E-state index in [0.717, 1.165) is 24.0 Å². The van der Waals surface area contributed by atoms with Crippen LogP contribution in [0.1, 0.15) is 23.2 Å². The van der Waals surface area contributed by atoms with Crippen LogP contribution in [0.15, 0.2) is 24.8 Å². The zero-order valence-electron chi connectivity index (χ0n) is 12.5. The normalized spacial score (nSPS) is 19.3. The van der Waals surface area contributed by atoms with E-state index in [9.17, 15) is 9.90 Å². The van der Waals surface area contributed by atoms with E-state index in [4.69, 9.17) is 4.74 Å². The van der Waals surface area contributed by atoms with E-state index in [1.165, 1.54) is 0 Å². The van der Waals surface area contributed by atoms with Gasteiger partial charge in [0.2, 0.25) is 0 Å². The molecule has 118 valence electrons. The largest absolute Gasteiger partial charge is 0.389 e. The molecule has 1 fully saturated rings. The molecule has 2 aromatic rings. The van der Waals surface area contributed by atoms with Gasteiger partial charge in [0.15, 0.2) is 0 Å². The standard InChI is InChI=1S/C15H20N4O3/c1-19-9-10(5-18-19)11-6-16-7-12(11)15(21)17-8-13(20)14-3-2-4-22-14/h5-7,9,13-14,16,20H,2-4,8H2,1H3,(H,17,21). The summed E-state index contributed by atoms with van der Waals surface area (Å²) in [4.78, 5) is 15.3. The second kappa shape index (κ2) is 6.33. The maximum Gasteiger partial charge on any atom is 0.253 e. The van der Waals surface area contributed by atoms with E-state index in [-0.39, 0.29) is 18.6 Å². The van der Waals surface area contributed by atoms with E-state index in [0.29, 0.717) is 12.2 Å². The minimum atomic E-state index is -0.674. The van der Waals surface area contributed by atoms with Crippen molar-refractivity contribution >= 4 is 5.91 Å². The molecular formula is C15H20N4O3. The number of aliphatic hydroxyl groups is 1. The molecule has 0 aliphatic carbocycles. The number of rotatable bonds is 5. The predicted octanol–water partition coefficient (Wildman–Crippen LogP) is 0.685. The van der Waals surface area contributed by atoms with E-state index in [2.05, 4.69) is 15.4 Å². The molecule has 1 amide bonds. The van der Waals surface area contributed by atoms with Crippen LogP contribution in [-0.2, 0) is 11.8 Å². The summed E-state index contributed by atoms with van der Waals surface area (Å²) >= 11 is 0. The van der Waals surface area contributed by atoms with Gasteiger partial charge in [0.05, 0.1) is 24.0 Å². The first kappa shape index (κ1) is 14.8. The van der Waals surface area contributed by atoms with Gasteiger partial charge in [-0.3, -0.25) is 9.48 Å². The van der Waals surface area contributed by atoms with Crippen LogP contribution in [0, 0.1) is 0 Å². The Hall–Kier alpha value is -2.12. The van der Waals surface area contributed by atoms with Crippen molar-refractivity contribution in [2.75, 3.05) is 13.2 Å². The Kier molecular flexibility index (Phi) is 4.26. The number of carbonyl (C=O) groups excluding carboxylic acids is 1. The Morgan fingerprint density at radius 1 is 1.64 bits per heavy atom. The first-order valence-electron chi connectivity index (χ1n) is 7.39. The highest BCUT2D eigenvalue weighted by molar-refractivity contribution is 6.00. The molecule has 7 nitrogen and oxygen atoms in total. The lowest BCUT2D eigenvalue weighted by molar-refractivity contribution is -0.0000744. The molecule has 0 bridgehead atoms. The summed E-state index contributed by atoms with van der Waals surface area (Å²) in [5.41, 5.74) is 2.19. The van der Waals surface area contributed by atoms with Gasteiger partial charge >= 0.3 is 0 Å². The second-order valence-electron chi connectivity index (χ2n) is 5.51. The third kappa shape index (κ3) is 3.05. The van der Waals surface area contributed by atoms with Crippen molar-refractivity contribution in [1.29, 1.82) is 0 Å². The van der Waals surface area contributed by atoms with Crippen molar-refractivity contribution in [2.45, 2.75) is 25.0 Å². The van der Waals surface area contributed by atoms with Crippen LogP contribution in [0.5, 0.6) is 0 Å². The van der Waals surface area contributed by atoms with Gasteiger partial charge in [-0.25, -0.2) is 0 Å². The Morgan fingerprint density at radius 3 is 3.18 bits per heavy atom. The van der Waals surface area contributed by atoms with Gasteiger partial charge in [-0.1, -0.05) is 0 Å². The molecule has 3 heterocycles. The molecule has 3 rings (SSSR count). The van der Waals surface area contributed by atoms with Crippen molar-refractivity contribution in [2.24, 2.45) is 7.05 Å². The fourth-order valence-electron chi connectivity index (χ4n) is 2.68. The molecule has 7 heteroatoms. The van der Waals surface area contributed by atoms with Crippen LogP contribution in [0.2, 0.25) is 0 Å². The fourth-order valence-corrected chi connectivity index (χ4v) is 2.68. The van der Waals surface area contributed by atoms with E-state index < -0.39 is 6.10 Å². The highest BCUT2D eigenvalue weighted by atomic mass is 16.5. The van der Waals surface area contributed by atoms with Gasteiger partial charge < -0.3 is 20.1 Å². The first-order valence-corrected chi connectivity index (χ1v) is 7.39. The SMILES string of the molecule is Cn1cc(-c2c[nH]cc2C(=O)NCC(O)C2CCCO2)cn1. The summed E-state index contributed by atoms with van der Waals surface area (Å²) in [6, 6.07) is 0. The zero-order chi connectivity index (χ0) is 15.5. The van der Waals surface area contributed by atoms with E-state index >= 15 is 0 Å². The monoisotopic (exact) mass is 304 g/mol. The van der Waals surface area contributed by atoms with Crippen LogP contribution in [0.4, 0.5) is 0 Å². The molecule has 1 saturated heterocycles. The molecule has 0 spiro atoms. The second-order valence-corrected chi connectivity index (χ2v) is 5.51. The summed E-state index contributed by atoms with van der Waals surface area (Å²) in [5.74, 6) is -0.225. The lowest BCUT2D eigenvalue weighted by Crippen LogP contribution is -2.38. The van der Waals surface area contributed by atoms with Crippen molar-refractivity contribution in [3.63, 3.8) is 0 Å². The Balaban J connectivity index is 1.64. The number of hydrogen-bond donors (Lipinski definition) is 3. The number of aliphatic hydroxyl groups excluding tert-OH is 1. The predicted molar refractivity (Wildman–Crippen MR) is 80.3 cm³/mol. The maximum atomic E-state index is 12.3. The van der Waals surface area contributed by atoms with Crippen LogP contribution in [-0.4, -0.2) is 51.1 Å². The van der Waals surface area contributed by atoms with Gasteiger partial charge in [0.1, 0.15) is 0 Å². The molecule has 1 aliphatic heterocycles. The number of carbonyl (C=O) groups is 1. The lowest BCUT2D eigenvalue weighted by Gasteiger charge is -2.17. The molecule has 0 radical (unpaired) electrons. The molecule has 22 heavy (non-hydrogen) atoms. The Bertz CT molecular complexity index is 643. The van der Waals surface area contributed by atoms with Gasteiger partial charge in [-0.2, -0.15) is 5.10 Å². The number of amides is 1. The zero-order valence-corrected chi connectivity index (χ0v) is 12.5. The molecule has 0 saturated carbocycles. The summed E-state index contributed by atoms with van der Waals surface area (Å²) < 4.78 is 7.10. The highest BCUT2D eigenvalue weighted by Gasteiger charge is 2.25. The Labute approximate surface area is 128 Å². The van der Waals surface area contributed by atoms with Gasteiger partial charge in [0, 0.05) is 49.9 Å². The summed E-state index contributed by atoms with van der Waals surface area (Å²) in [5, 5.41) is 16.9. The number of H-pyrrole nitrogens is 1. The third-order valence-electron chi connectivity index (χ3n) is 3.87. The number of aryl methyl sites for hydroxylation is 1. The average molecular weight is 304 g/mol. The van der Waals surface area contributed by atoms with Crippen molar-refractivity contribution < 1.29 is 14.6 Å². The number of nitrogens with zero attached hydrogens (tertiary/aromatic N) is 2. The number of aromatic amines is 1. The van der Waals surface area contributed by atoms with Gasteiger partial charge in [-0.15, -0.1) is 0 Å². The van der Waals surface area contributed by atoms with E-state index in [1.54, 1.807) is 23.3 Å². The lowest BCUT2D eigenvalue weighted by atomic mass is 10.1. The summed E-state index contributed by atoms with van der Waals surface area (Å²) in [7, 11) is 1.83. The molecule has 3 N–H and O–H groups in total. The smallest absolute Gasteiger partial charge is 0.253 e.